The van der Waals surface area contributed by atoms with Gasteiger partial charge in [-0.1, -0.05) is 6.08 Å². The molecule has 0 atom stereocenters. The van der Waals surface area contributed by atoms with Gasteiger partial charge in [0.1, 0.15) is 0 Å². The maximum atomic E-state index is 9.60. The highest BCUT2D eigenvalue weighted by molar-refractivity contribution is 5.15. The molecule has 0 aliphatic carbocycles. The van der Waals surface area contributed by atoms with E-state index in [4.69, 9.17) is 5.10 Å². The molecule has 6 heteroatoms. The molecule has 1 N–H and O–H groups in total. The van der Waals surface area contributed by atoms with Gasteiger partial charge >= 0.3 is 0 Å². The van der Waals surface area contributed by atoms with Crippen molar-refractivity contribution in [3.05, 3.63) is 30.1 Å². The Kier molecular flexibility index (Phi) is 6.64. The SMILES string of the molecule is C=CCN1CCN(Cc2cn(CCN3CCC(O)CC3)nc2C)CC1. The number of hydrogen-bond acceptors (Lipinski definition) is 5. The molecule has 0 bridgehead atoms. The molecule has 2 aliphatic rings. The van der Waals surface area contributed by atoms with Crippen molar-refractivity contribution in [2.75, 3.05) is 52.4 Å². The lowest BCUT2D eigenvalue weighted by Crippen LogP contribution is -2.45. The van der Waals surface area contributed by atoms with Crippen molar-refractivity contribution in [3.63, 3.8) is 0 Å². The lowest BCUT2D eigenvalue weighted by molar-refractivity contribution is 0.0805. The number of aromatic nitrogens is 2. The number of piperidine rings is 1. The molecule has 2 saturated heterocycles. The Labute approximate surface area is 151 Å². The van der Waals surface area contributed by atoms with Crippen LogP contribution in [0.15, 0.2) is 18.9 Å². The van der Waals surface area contributed by atoms with Crippen LogP contribution in [0, 0.1) is 6.92 Å². The van der Waals surface area contributed by atoms with E-state index in [9.17, 15) is 5.11 Å². The fourth-order valence-electron chi connectivity index (χ4n) is 3.77. The molecule has 0 aromatic carbocycles. The Morgan fingerprint density at radius 1 is 1.08 bits per heavy atom. The van der Waals surface area contributed by atoms with Crippen LogP contribution in [0.4, 0.5) is 0 Å². The highest BCUT2D eigenvalue weighted by Crippen LogP contribution is 2.13. The topological polar surface area (TPSA) is 47.8 Å². The van der Waals surface area contributed by atoms with Crippen LogP contribution >= 0.6 is 0 Å². The molecule has 1 aromatic rings. The zero-order chi connectivity index (χ0) is 17.6. The highest BCUT2D eigenvalue weighted by Gasteiger charge is 2.19. The van der Waals surface area contributed by atoms with Gasteiger partial charge in [-0.05, 0) is 19.8 Å². The van der Waals surface area contributed by atoms with Crippen LogP contribution < -0.4 is 0 Å². The Morgan fingerprint density at radius 3 is 2.44 bits per heavy atom. The van der Waals surface area contributed by atoms with Gasteiger partial charge in [0.2, 0.25) is 0 Å². The summed E-state index contributed by atoms with van der Waals surface area (Å²) in [5.41, 5.74) is 2.51. The average Bonchev–Trinajstić information content (AvgIpc) is 2.96. The molecule has 3 rings (SSSR count). The zero-order valence-corrected chi connectivity index (χ0v) is 15.6. The number of hydrogen-bond donors (Lipinski definition) is 1. The van der Waals surface area contributed by atoms with Crippen molar-refractivity contribution in [3.8, 4) is 0 Å². The molecule has 0 spiro atoms. The van der Waals surface area contributed by atoms with E-state index in [0.29, 0.717) is 0 Å². The summed E-state index contributed by atoms with van der Waals surface area (Å²) in [6.45, 7) is 16.4. The molecule has 1 aromatic heterocycles. The third-order valence-corrected chi connectivity index (χ3v) is 5.50. The number of aryl methyl sites for hydroxylation is 1. The summed E-state index contributed by atoms with van der Waals surface area (Å²) >= 11 is 0. The number of aliphatic hydroxyl groups is 1. The molecule has 0 amide bonds. The molecule has 3 heterocycles. The first-order valence-electron chi connectivity index (χ1n) is 9.63. The van der Waals surface area contributed by atoms with Crippen molar-refractivity contribution in [1.29, 1.82) is 0 Å². The molecular weight excluding hydrogens is 314 g/mol. The van der Waals surface area contributed by atoms with E-state index in [0.717, 1.165) is 84.0 Å². The summed E-state index contributed by atoms with van der Waals surface area (Å²) in [6, 6.07) is 0. The van der Waals surface area contributed by atoms with Gasteiger partial charge in [0.25, 0.3) is 0 Å². The van der Waals surface area contributed by atoms with Crippen LogP contribution in [0.1, 0.15) is 24.1 Å². The predicted molar refractivity (Wildman–Crippen MR) is 101 cm³/mol. The molecule has 0 radical (unpaired) electrons. The molecular formula is C19H33N5O. The number of nitrogens with zero attached hydrogens (tertiary/aromatic N) is 5. The minimum Gasteiger partial charge on any atom is -0.393 e. The third kappa shape index (κ3) is 5.38. The van der Waals surface area contributed by atoms with E-state index in [1.54, 1.807) is 0 Å². The first-order chi connectivity index (χ1) is 12.1. The summed E-state index contributed by atoms with van der Waals surface area (Å²) in [4.78, 5) is 7.41. The van der Waals surface area contributed by atoms with Gasteiger partial charge in [-0.15, -0.1) is 6.58 Å². The second kappa shape index (κ2) is 8.94. The standard InChI is InChI=1S/C19H33N5O/c1-3-6-21-9-11-23(12-10-21)15-18-16-24(20-17(18)2)14-13-22-7-4-19(25)5-8-22/h3,16,19,25H,1,4-15H2,2H3. The second-order valence-electron chi connectivity index (χ2n) is 7.44. The first-order valence-corrected chi connectivity index (χ1v) is 9.63. The first kappa shape index (κ1) is 18.6. The minimum atomic E-state index is -0.0956. The number of likely N-dealkylation sites (tertiary alicyclic amines) is 1. The van der Waals surface area contributed by atoms with E-state index >= 15 is 0 Å². The van der Waals surface area contributed by atoms with Gasteiger partial charge in [0.15, 0.2) is 0 Å². The lowest BCUT2D eigenvalue weighted by atomic mass is 10.1. The van der Waals surface area contributed by atoms with Crippen molar-refractivity contribution >= 4 is 0 Å². The zero-order valence-electron chi connectivity index (χ0n) is 15.6. The molecule has 2 fully saturated rings. The molecule has 140 valence electrons. The average molecular weight is 348 g/mol. The van der Waals surface area contributed by atoms with Gasteiger partial charge in [0, 0.05) is 70.7 Å². The van der Waals surface area contributed by atoms with E-state index in [2.05, 4.69) is 39.1 Å². The normalized spacial score (nSPS) is 21.7. The monoisotopic (exact) mass is 347 g/mol. The summed E-state index contributed by atoms with van der Waals surface area (Å²) in [5.74, 6) is 0. The number of aliphatic hydroxyl groups excluding tert-OH is 1. The maximum absolute atomic E-state index is 9.60. The molecule has 2 aliphatic heterocycles. The van der Waals surface area contributed by atoms with Crippen LogP contribution in [0.5, 0.6) is 0 Å². The second-order valence-corrected chi connectivity index (χ2v) is 7.44. The van der Waals surface area contributed by atoms with E-state index in [1.165, 1.54) is 5.56 Å². The Morgan fingerprint density at radius 2 is 1.76 bits per heavy atom. The van der Waals surface area contributed by atoms with Gasteiger partial charge < -0.3 is 10.0 Å². The minimum absolute atomic E-state index is 0.0956. The van der Waals surface area contributed by atoms with Crippen molar-refractivity contribution < 1.29 is 5.11 Å². The fourth-order valence-corrected chi connectivity index (χ4v) is 3.77. The maximum Gasteiger partial charge on any atom is 0.0638 e. The van der Waals surface area contributed by atoms with Crippen molar-refractivity contribution in [2.24, 2.45) is 0 Å². The predicted octanol–water partition coefficient (Wildman–Crippen LogP) is 0.952. The highest BCUT2D eigenvalue weighted by atomic mass is 16.3. The van der Waals surface area contributed by atoms with Crippen LogP contribution in [0.2, 0.25) is 0 Å². The van der Waals surface area contributed by atoms with Gasteiger partial charge in [-0.2, -0.15) is 5.10 Å². The fraction of sp³-hybridized carbons (Fsp3) is 0.737. The quantitative estimate of drug-likeness (QED) is 0.744. The summed E-state index contributed by atoms with van der Waals surface area (Å²) in [5, 5.41) is 14.3. The molecule has 0 unspecified atom stereocenters. The number of rotatable bonds is 7. The Hall–Kier alpha value is -1.21. The molecule has 25 heavy (non-hydrogen) atoms. The van der Waals surface area contributed by atoms with Crippen LogP contribution in [-0.2, 0) is 13.1 Å². The smallest absolute Gasteiger partial charge is 0.0638 e. The van der Waals surface area contributed by atoms with Gasteiger partial charge in [0.05, 0.1) is 18.3 Å². The van der Waals surface area contributed by atoms with Crippen LogP contribution in [0.3, 0.4) is 0 Å². The molecule has 6 nitrogen and oxygen atoms in total. The van der Waals surface area contributed by atoms with E-state index in [-0.39, 0.29) is 6.10 Å². The number of piperazine rings is 1. The largest absolute Gasteiger partial charge is 0.393 e. The van der Waals surface area contributed by atoms with Gasteiger partial charge in [-0.25, -0.2) is 0 Å². The van der Waals surface area contributed by atoms with Crippen molar-refractivity contribution in [1.82, 2.24) is 24.5 Å². The summed E-state index contributed by atoms with van der Waals surface area (Å²) < 4.78 is 2.10. The Bertz CT molecular complexity index is 542. The Balaban J connectivity index is 1.45. The lowest BCUT2D eigenvalue weighted by Gasteiger charge is -2.33. The summed E-state index contributed by atoms with van der Waals surface area (Å²) in [6.07, 6.45) is 5.93. The van der Waals surface area contributed by atoms with E-state index in [1.807, 2.05) is 6.08 Å². The van der Waals surface area contributed by atoms with Crippen LogP contribution in [-0.4, -0.2) is 88.0 Å². The van der Waals surface area contributed by atoms with E-state index < -0.39 is 0 Å². The van der Waals surface area contributed by atoms with Gasteiger partial charge in [-0.3, -0.25) is 14.5 Å². The summed E-state index contributed by atoms with van der Waals surface area (Å²) in [7, 11) is 0. The third-order valence-electron chi connectivity index (χ3n) is 5.50. The molecule has 0 saturated carbocycles. The van der Waals surface area contributed by atoms with Crippen molar-refractivity contribution in [2.45, 2.75) is 39.0 Å². The van der Waals surface area contributed by atoms with Crippen LogP contribution in [0.25, 0.3) is 0 Å².